The predicted molar refractivity (Wildman–Crippen MR) is 71.9 cm³/mol. The Kier molecular flexibility index (Phi) is 6.28. The molecule has 0 aromatic heterocycles. The second-order valence-corrected chi connectivity index (χ2v) is 4.39. The Balaban J connectivity index is 2.75. The van der Waals surface area contributed by atoms with Crippen LogP contribution in [0.25, 0.3) is 0 Å². The van der Waals surface area contributed by atoms with Crippen LogP contribution < -0.4 is 15.4 Å². The van der Waals surface area contributed by atoms with Crippen molar-refractivity contribution in [3.8, 4) is 5.75 Å². The van der Waals surface area contributed by atoms with E-state index in [1.165, 1.54) is 0 Å². The van der Waals surface area contributed by atoms with Gasteiger partial charge in [0.05, 0.1) is 12.3 Å². The van der Waals surface area contributed by atoms with E-state index in [0.717, 1.165) is 17.9 Å². The molecule has 102 valence electrons. The molecule has 4 nitrogen and oxygen atoms in total. The molecule has 0 spiro atoms. The fraction of sp³-hybridized carbons (Fsp3) is 0.538. The lowest BCUT2D eigenvalue weighted by Crippen LogP contribution is -2.10. The van der Waals surface area contributed by atoms with Gasteiger partial charge in [-0.25, -0.2) is 4.39 Å². The third-order valence-corrected chi connectivity index (χ3v) is 2.33. The van der Waals surface area contributed by atoms with Crippen molar-refractivity contribution in [2.75, 3.05) is 37.2 Å². The number of anilines is 2. The molecule has 1 aromatic rings. The molecule has 0 heterocycles. The summed E-state index contributed by atoms with van der Waals surface area (Å²) in [6.07, 6.45) is 0. The first kappa shape index (κ1) is 14.6. The fourth-order valence-corrected chi connectivity index (χ4v) is 1.47. The summed E-state index contributed by atoms with van der Waals surface area (Å²) in [5, 5.41) is 15.0. The third kappa shape index (κ3) is 4.79. The Bertz CT molecular complexity index is 359. The highest BCUT2D eigenvalue weighted by Crippen LogP contribution is 2.28. The zero-order valence-corrected chi connectivity index (χ0v) is 10.9. The van der Waals surface area contributed by atoms with Crippen molar-refractivity contribution in [3.63, 3.8) is 0 Å². The molecule has 5 heteroatoms. The van der Waals surface area contributed by atoms with Crippen molar-refractivity contribution in [2.24, 2.45) is 5.92 Å². The molecule has 3 N–H and O–H groups in total. The van der Waals surface area contributed by atoms with Crippen LogP contribution in [0.4, 0.5) is 15.8 Å². The lowest BCUT2D eigenvalue weighted by molar-refractivity contribution is 0.192. The summed E-state index contributed by atoms with van der Waals surface area (Å²) in [4.78, 5) is 0. The monoisotopic (exact) mass is 256 g/mol. The van der Waals surface area contributed by atoms with Crippen molar-refractivity contribution >= 4 is 11.4 Å². The first-order valence-corrected chi connectivity index (χ1v) is 6.08. The van der Waals surface area contributed by atoms with Gasteiger partial charge in [0.2, 0.25) is 6.86 Å². The number of ether oxygens (including phenoxy) is 1. The van der Waals surface area contributed by atoms with Crippen LogP contribution in [0.5, 0.6) is 5.75 Å². The number of hydrogen-bond acceptors (Lipinski definition) is 4. The number of nitrogens with one attached hydrogen (secondary N) is 2. The summed E-state index contributed by atoms with van der Waals surface area (Å²) >= 11 is 0. The molecule has 0 unspecified atom stereocenters. The van der Waals surface area contributed by atoms with Crippen molar-refractivity contribution in [1.82, 2.24) is 0 Å². The smallest absolute Gasteiger partial charge is 0.228 e. The highest BCUT2D eigenvalue weighted by Gasteiger charge is 2.06. The highest BCUT2D eigenvalue weighted by atomic mass is 19.1. The van der Waals surface area contributed by atoms with Crippen LogP contribution in [0.3, 0.4) is 0 Å². The average Bonchev–Trinajstić information content (AvgIpc) is 2.35. The van der Waals surface area contributed by atoms with Gasteiger partial charge in [-0.15, -0.1) is 0 Å². The second kappa shape index (κ2) is 7.76. The summed E-state index contributed by atoms with van der Waals surface area (Å²) in [6.45, 7) is 4.63. The molecule has 0 bridgehead atoms. The Morgan fingerprint density at radius 3 is 2.72 bits per heavy atom. The topological polar surface area (TPSA) is 53.5 Å². The van der Waals surface area contributed by atoms with Crippen molar-refractivity contribution in [1.29, 1.82) is 0 Å². The first-order chi connectivity index (χ1) is 8.67. The highest BCUT2D eigenvalue weighted by molar-refractivity contribution is 5.63. The van der Waals surface area contributed by atoms with E-state index >= 15 is 0 Å². The molecule has 0 aliphatic carbocycles. The van der Waals surface area contributed by atoms with E-state index in [2.05, 4.69) is 24.5 Å². The second-order valence-electron chi connectivity index (χ2n) is 4.39. The molecule has 0 amide bonds. The number of rotatable bonds is 8. The van der Waals surface area contributed by atoms with Gasteiger partial charge in [-0.2, -0.15) is 0 Å². The largest absolute Gasteiger partial charge is 0.461 e. The fourth-order valence-electron chi connectivity index (χ4n) is 1.47. The van der Waals surface area contributed by atoms with Crippen molar-refractivity contribution < 1.29 is 14.2 Å². The lowest BCUT2D eigenvalue weighted by atomic mass is 10.2. The van der Waals surface area contributed by atoms with E-state index in [-0.39, 0.29) is 6.61 Å². The molecular formula is C13H21FN2O2. The van der Waals surface area contributed by atoms with E-state index in [4.69, 9.17) is 9.84 Å². The molecule has 0 aliphatic rings. The quantitative estimate of drug-likeness (QED) is 0.669. The van der Waals surface area contributed by atoms with Gasteiger partial charge in [0, 0.05) is 24.8 Å². The molecular weight excluding hydrogens is 235 g/mol. The van der Waals surface area contributed by atoms with Crippen molar-refractivity contribution in [3.05, 3.63) is 18.2 Å². The summed E-state index contributed by atoms with van der Waals surface area (Å²) in [7, 11) is 0. The number of aliphatic hydroxyl groups is 1. The van der Waals surface area contributed by atoms with Gasteiger partial charge in [0.15, 0.2) is 0 Å². The molecule has 0 atom stereocenters. The Morgan fingerprint density at radius 2 is 2.11 bits per heavy atom. The molecule has 18 heavy (non-hydrogen) atoms. The Labute approximate surface area is 107 Å². The van der Waals surface area contributed by atoms with E-state index in [9.17, 15) is 4.39 Å². The lowest BCUT2D eigenvalue weighted by Gasteiger charge is -2.15. The maximum atomic E-state index is 12.3. The van der Waals surface area contributed by atoms with Gasteiger partial charge >= 0.3 is 0 Å². The van der Waals surface area contributed by atoms with Gasteiger partial charge in [-0.1, -0.05) is 13.8 Å². The van der Waals surface area contributed by atoms with Gasteiger partial charge in [0.25, 0.3) is 0 Å². The van der Waals surface area contributed by atoms with Crippen LogP contribution in [0.1, 0.15) is 13.8 Å². The first-order valence-electron chi connectivity index (χ1n) is 6.08. The maximum Gasteiger partial charge on any atom is 0.228 e. The normalized spacial score (nSPS) is 10.5. The minimum atomic E-state index is -0.861. The number of alkyl halides is 1. The van der Waals surface area contributed by atoms with Crippen LogP contribution in [0.15, 0.2) is 18.2 Å². The van der Waals surface area contributed by atoms with Gasteiger partial charge in [-0.3, -0.25) is 0 Å². The van der Waals surface area contributed by atoms with E-state index < -0.39 is 6.86 Å². The summed E-state index contributed by atoms with van der Waals surface area (Å²) < 4.78 is 17.3. The summed E-state index contributed by atoms with van der Waals surface area (Å²) in [6, 6.07) is 5.42. The average molecular weight is 256 g/mol. The van der Waals surface area contributed by atoms with Gasteiger partial charge < -0.3 is 20.5 Å². The minimum absolute atomic E-state index is 0.0483. The summed E-state index contributed by atoms with van der Waals surface area (Å²) in [5.74, 6) is 0.969. The zero-order valence-electron chi connectivity index (χ0n) is 10.9. The van der Waals surface area contributed by atoms with Crippen LogP contribution >= 0.6 is 0 Å². The SMILES string of the molecule is CC(C)CNc1ccc(NCCO)cc1OCF. The molecule has 1 rings (SSSR count). The molecule has 0 radical (unpaired) electrons. The Morgan fingerprint density at radius 1 is 1.33 bits per heavy atom. The standard InChI is InChI=1S/C13H21FN2O2/c1-10(2)8-16-12-4-3-11(15-5-6-17)7-13(12)18-9-14/h3-4,7,10,15-17H,5-6,8-9H2,1-2H3. The molecule has 1 aromatic carbocycles. The van der Waals surface area contributed by atoms with Crippen LogP contribution in [0, 0.1) is 5.92 Å². The third-order valence-electron chi connectivity index (χ3n) is 2.33. The molecule has 0 saturated carbocycles. The van der Waals surface area contributed by atoms with E-state index in [1.807, 2.05) is 12.1 Å². The van der Waals surface area contributed by atoms with E-state index in [1.54, 1.807) is 6.07 Å². The van der Waals surface area contributed by atoms with Crippen LogP contribution in [-0.2, 0) is 0 Å². The zero-order chi connectivity index (χ0) is 13.4. The number of benzene rings is 1. The summed E-state index contributed by atoms with van der Waals surface area (Å²) in [5.41, 5.74) is 1.57. The molecule has 0 fully saturated rings. The Hall–Kier alpha value is -1.49. The van der Waals surface area contributed by atoms with Crippen LogP contribution in [0.2, 0.25) is 0 Å². The van der Waals surface area contributed by atoms with Gasteiger partial charge in [-0.05, 0) is 18.1 Å². The number of hydrogen-bond donors (Lipinski definition) is 3. The molecule has 0 aliphatic heterocycles. The number of aliphatic hydroxyl groups excluding tert-OH is 1. The van der Waals surface area contributed by atoms with Crippen LogP contribution in [-0.4, -0.2) is 31.7 Å². The van der Waals surface area contributed by atoms with E-state index in [0.29, 0.717) is 18.2 Å². The predicted octanol–water partition coefficient (Wildman–Crippen LogP) is 2.46. The number of halogens is 1. The minimum Gasteiger partial charge on any atom is -0.461 e. The maximum absolute atomic E-state index is 12.3. The van der Waals surface area contributed by atoms with Crippen molar-refractivity contribution in [2.45, 2.75) is 13.8 Å². The van der Waals surface area contributed by atoms with Gasteiger partial charge in [0.1, 0.15) is 5.75 Å². The molecule has 0 saturated heterocycles.